The Morgan fingerprint density at radius 2 is 2.20 bits per heavy atom. The SMILES string of the molecule is COC(=O)c1cc(N)[nH]c(=O)c1C(F)F. The zero-order valence-electron chi connectivity index (χ0n) is 7.71. The van der Waals surface area contributed by atoms with Gasteiger partial charge in [0.05, 0.1) is 18.2 Å². The third kappa shape index (κ3) is 2.12. The number of pyridine rings is 1. The predicted octanol–water partition coefficient (Wildman–Crippen LogP) is 0.681. The van der Waals surface area contributed by atoms with Gasteiger partial charge in [0.1, 0.15) is 5.82 Å². The van der Waals surface area contributed by atoms with Crippen molar-refractivity contribution in [1.29, 1.82) is 0 Å². The zero-order chi connectivity index (χ0) is 11.6. The molecule has 0 radical (unpaired) electrons. The number of carbonyl (C=O) groups is 1. The lowest BCUT2D eigenvalue weighted by Crippen LogP contribution is -2.20. The highest BCUT2D eigenvalue weighted by atomic mass is 19.3. The molecule has 0 saturated carbocycles. The first-order chi connectivity index (χ1) is 6.97. The number of halogens is 2. The van der Waals surface area contributed by atoms with E-state index in [-0.39, 0.29) is 5.82 Å². The summed E-state index contributed by atoms with van der Waals surface area (Å²) in [5, 5.41) is 0. The van der Waals surface area contributed by atoms with Gasteiger partial charge < -0.3 is 15.5 Å². The molecule has 0 aliphatic carbocycles. The molecule has 7 heteroatoms. The largest absolute Gasteiger partial charge is 0.465 e. The number of nitrogens with one attached hydrogen (secondary N) is 1. The van der Waals surface area contributed by atoms with E-state index in [0.717, 1.165) is 13.2 Å². The maximum absolute atomic E-state index is 12.4. The molecule has 0 spiro atoms. The van der Waals surface area contributed by atoms with Crippen molar-refractivity contribution in [2.24, 2.45) is 0 Å². The Kier molecular flexibility index (Phi) is 3.03. The van der Waals surface area contributed by atoms with Crippen LogP contribution in [0.2, 0.25) is 0 Å². The first kappa shape index (κ1) is 11.2. The van der Waals surface area contributed by atoms with Crippen LogP contribution in [0.25, 0.3) is 0 Å². The lowest BCUT2D eigenvalue weighted by molar-refractivity contribution is 0.0588. The highest BCUT2D eigenvalue weighted by molar-refractivity contribution is 5.91. The number of hydrogen-bond donors (Lipinski definition) is 2. The maximum atomic E-state index is 12.4. The van der Waals surface area contributed by atoms with E-state index in [4.69, 9.17) is 5.73 Å². The fraction of sp³-hybridized carbons (Fsp3) is 0.250. The molecule has 0 atom stereocenters. The Morgan fingerprint density at radius 3 is 2.67 bits per heavy atom. The summed E-state index contributed by atoms with van der Waals surface area (Å²) in [6.07, 6.45) is -3.07. The molecule has 0 bridgehead atoms. The minimum Gasteiger partial charge on any atom is -0.465 e. The number of esters is 1. The van der Waals surface area contributed by atoms with E-state index in [1.54, 1.807) is 0 Å². The Balaban J connectivity index is 3.47. The van der Waals surface area contributed by atoms with Crippen molar-refractivity contribution in [2.75, 3.05) is 12.8 Å². The molecule has 0 aromatic carbocycles. The number of carbonyl (C=O) groups excluding carboxylic acids is 1. The summed E-state index contributed by atoms with van der Waals surface area (Å²) in [5.41, 5.74) is 2.67. The van der Waals surface area contributed by atoms with Crippen LogP contribution in [0.3, 0.4) is 0 Å². The normalized spacial score (nSPS) is 10.4. The van der Waals surface area contributed by atoms with Gasteiger partial charge in [0.2, 0.25) is 0 Å². The molecule has 82 valence electrons. The topological polar surface area (TPSA) is 85.2 Å². The smallest absolute Gasteiger partial charge is 0.338 e. The van der Waals surface area contributed by atoms with Crippen molar-refractivity contribution in [1.82, 2.24) is 4.98 Å². The third-order valence-corrected chi connectivity index (χ3v) is 1.72. The fourth-order valence-electron chi connectivity index (χ4n) is 1.09. The van der Waals surface area contributed by atoms with Crippen LogP contribution in [0.5, 0.6) is 0 Å². The number of H-pyrrole nitrogens is 1. The fourth-order valence-corrected chi connectivity index (χ4v) is 1.09. The molecule has 5 nitrogen and oxygen atoms in total. The quantitative estimate of drug-likeness (QED) is 0.715. The number of hydrogen-bond acceptors (Lipinski definition) is 4. The number of ether oxygens (including phenoxy) is 1. The van der Waals surface area contributed by atoms with Crippen molar-refractivity contribution in [2.45, 2.75) is 6.43 Å². The predicted molar refractivity (Wildman–Crippen MR) is 47.8 cm³/mol. The lowest BCUT2D eigenvalue weighted by Gasteiger charge is -2.06. The molecule has 0 saturated heterocycles. The molecule has 0 aliphatic heterocycles. The average molecular weight is 218 g/mol. The van der Waals surface area contributed by atoms with E-state index in [1.807, 2.05) is 4.98 Å². The highest BCUT2D eigenvalue weighted by Gasteiger charge is 2.23. The lowest BCUT2D eigenvalue weighted by atomic mass is 10.1. The summed E-state index contributed by atoms with van der Waals surface area (Å²) >= 11 is 0. The van der Waals surface area contributed by atoms with Gasteiger partial charge in [-0.2, -0.15) is 0 Å². The Morgan fingerprint density at radius 1 is 1.60 bits per heavy atom. The standard InChI is InChI=1S/C8H8F2N2O3/c1-15-8(14)3-2-4(11)12-7(13)5(3)6(9)10/h2,6H,1H3,(H3,11,12,13). The van der Waals surface area contributed by atoms with Gasteiger partial charge in [0.15, 0.2) is 0 Å². The van der Waals surface area contributed by atoms with Gasteiger partial charge in [-0.15, -0.1) is 0 Å². The van der Waals surface area contributed by atoms with Crippen molar-refractivity contribution in [3.05, 3.63) is 27.5 Å². The second kappa shape index (κ2) is 4.07. The summed E-state index contributed by atoms with van der Waals surface area (Å²) in [7, 11) is 1.02. The van der Waals surface area contributed by atoms with Crippen LogP contribution in [0.1, 0.15) is 22.3 Å². The van der Waals surface area contributed by atoms with Crippen LogP contribution in [0, 0.1) is 0 Å². The van der Waals surface area contributed by atoms with Crippen molar-refractivity contribution in [3.8, 4) is 0 Å². The number of alkyl halides is 2. The Hall–Kier alpha value is -1.92. The molecule has 1 aromatic heterocycles. The molecule has 1 aromatic rings. The summed E-state index contributed by atoms with van der Waals surface area (Å²) in [6, 6.07) is 0.939. The minimum atomic E-state index is -3.07. The molecule has 0 amide bonds. The van der Waals surface area contributed by atoms with Crippen molar-refractivity contribution < 1.29 is 18.3 Å². The van der Waals surface area contributed by atoms with E-state index >= 15 is 0 Å². The second-order valence-corrected chi connectivity index (χ2v) is 2.67. The number of aromatic nitrogens is 1. The van der Waals surface area contributed by atoms with E-state index < -0.39 is 29.1 Å². The van der Waals surface area contributed by atoms with Crippen LogP contribution < -0.4 is 11.3 Å². The van der Waals surface area contributed by atoms with Crippen LogP contribution in [-0.4, -0.2) is 18.1 Å². The molecular weight excluding hydrogens is 210 g/mol. The molecule has 1 rings (SSSR count). The monoisotopic (exact) mass is 218 g/mol. The first-order valence-electron chi connectivity index (χ1n) is 3.86. The molecule has 15 heavy (non-hydrogen) atoms. The number of nitrogen functional groups attached to an aromatic ring is 1. The van der Waals surface area contributed by atoms with Gasteiger partial charge in [0, 0.05) is 0 Å². The number of anilines is 1. The van der Waals surface area contributed by atoms with Crippen LogP contribution >= 0.6 is 0 Å². The van der Waals surface area contributed by atoms with E-state index in [1.165, 1.54) is 0 Å². The molecular formula is C8H8F2N2O3. The summed E-state index contributed by atoms with van der Waals surface area (Å²) in [4.78, 5) is 24.2. The minimum absolute atomic E-state index is 0.176. The van der Waals surface area contributed by atoms with Gasteiger partial charge in [-0.05, 0) is 6.07 Å². The van der Waals surface area contributed by atoms with Crippen LogP contribution in [0.4, 0.5) is 14.6 Å². The Bertz CT molecular complexity index is 442. The summed E-state index contributed by atoms with van der Waals surface area (Å²) in [6.45, 7) is 0. The number of rotatable bonds is 2. The van der Waals surface area contributed by atoms with E-state index in [2.05, 4.69) is 4.74 Å². The molecule has 3 N–H and O–H groups in total. The molecule has 0 aliphatic rings. The van der Waals surface area contributed by atoms with Gasteiger partial charge in [-0.25, -0.2) is 13.6 Å². The van der Waals surface area contributed by atoms with Crippen LogP contribution in [0.15, 0.2) is 10.9 Å². The average Bonchev–Trinajstić information content (AvgIpc) is 2.14. The highest BCUT2D eigenvalue weighted by Crippen LogP contribution is 2.20. The van der Waals surface area contributed by atoms with Gasteiger partial charge in [-0.1, -0.05) is 0 Å². The summed E-state index contributed by atoms with van der Waals surface area (Å²) in [5.74, 6) is -1.20. The zero-order valence-corrected chi connectivity index (χ0v) is 7.71. The first-order valence-corrected chi connectivity index (χ1v) is 3.86. The van der Waals surface area contributed by atoms with Crippen molar-refractivity contribution >= 4 is 11.8 Å². The van der Waals surface area contributed by atoms with Gasteiger partial charge >= 0.3 is 5.97 Å². The number of methoxy groups -OCH3 is 1. The Labute approximate surface area is 82.9 Å². The van der Waals surface area contributed by atoms with Gasteiger partial charge in [0.25, 0.3) is 12.0 Å². The maximum Gasteiger partial charge on any atom is 0.338 e. The van der Waals surface area contributed by atoms with E-state index in [0.29, 0.717) is 0 Å². The summed E-state index contributed by atoms with van der Waals surface area (Å²) < 4.78 is 29.2. The molecule has 0 unspecified atom stereocenters. The van der Waals surface area contributed by atoms with Crippen molar-refractivity contribution in [3.63, 3.8) is 0 Å². The molecule has 1 heterocycles. The van der Waals surface area contributed by atoms with Crippen LogP contribution in [-0.2, 0) is 4.74 Å². The number of aromatic amines is 1. The van der Waals surface area contributed by atoms with Gasteiger partial charge in [-0.3, -0.25) is 4.79 Å². The van der Waals surface area contributed by atoms with E-state index in [9.17, 15) is 18.4 Å². The second-order valence-electron chi connectivity index (χ2n) is 2.67. The molecule has 0 fully saturated rings. The third-order valence-electron chi connectivity index (χ3n) is 1.72. The number of nitrogens with two attached hydrogens (primary N) is 1.